The molecule has 1 rings (SSSR count). The molecule has 0 saturated carbocycles. The molecular formula is C10H14N. The molecule has 1 aromatic rings. The Morgan fingerprint density at radius 2 is 1.73 bits per heavy atom. The monoisotopic (exact) mass is 148 g/mol. The van der Waals surface area contributed by atoms with Gasteiger partial charge in [0, 0.05) is 6.04 Å². The van der Waals surface area contributed by atoms with Gasteiger partial charge in [-0.15, -0.1) is 0 Å². The van der Waals surface area contributed by atoms with Gasteiger partial charge in [0.05, 0.1) is 0 Å². The third-order valence-electron chi connectivity index (χ3n) is 1.78. The second kappa shape index (κ2) is 3.54. The first-order valence-electron chi connectivity index (χ1n) is 3.82. The largest absolute Gasteiger partial charge is 0.323 e. The van der Waals surface area contributed by atoms with Crippen LogP contribution in [0.4, 0.5) is 0 Å². The molecule has 0 aliphatic carbocycles. The van der Waals surface area contributed by atoms with Crippen LogP contribution in [0.15, 0.2) is 30.3 Å². The molecule has 11 heavy (non-hydrogen) atoms. The van der Waals surface area contributed by atoms with Crippen LogP contribution in [0.5, 0.6) is 0 Å². The van der Waals surface area contributed by atoms with E-state index in [0.29, 0.717) is 0 Å². The van der Waals surface area contributed by atoms with E-state index in [4.69, 9.17) is 5.73 Å². The number of hydrogen-bond acceptors (Lipinski definition) is 1. The second-order valence-electron chi connectivity index (χ2n) is 2.97. The Balaban J connectivity index is 2.77. The van der Waals surface area contributed by atoms with Gasteiger partial charge in [-0.1, -0.05) is 44.2 Å². The lowest BCUT2D eigenvalue weighted by Crippen LogP contribution is -2.14. The molecule has 59 valence electrons. The quantitative estimate of drug-likeness (QED) is 0.684. The van der Waals surface area contributed by atoms with Gasteiger partial charge in [-0.2, -0.15) is 0 Å². The molecule has 0 bridgehead atoms. The van der Waals surface area contributed by atoms with Crippen molar-refractivity contribution in [1.82, 2.24) is 0 Å². The van der Waals surface area contributed by atoms with Crippen molar-refractivity contribution in [2.24, 2.45) is 5.73 Å². The van der Waals surface area contributed by atoms with Crippen molar-refractivity contribution in [3.8, 4) is 0 Å². The van der Waals surface area contributed by atoms with Gasteiger partial charge in [0.25, 0.3) is 0 Å². The molecular weight excluding hydrogens is 134 g/mol. The summed E-state index contributed by atoms with van der Waals surface area (Å²) in [5, 5.41) is 0. The number of benzene rings is 1. The fourth-order valence-corrected chi connectivity index (χ4v) is 0.994. The molecule has 0 aliphatic heterocycles. The van der Waals surface area contributed by atoms with Gasteiger partial charge in [-0.3, -0.25) is 0 Å². The Kier molecular flexibility index (Phi) is 2.66. The Morgan fingerprint density at radius 3 is 2.18 bits per heavy atom. The standard InChI is InChI=1S/C10H14N/c1-8(2)10(11)9-6-4-3-5-7-9/h3-7,10H,11H2,1-2H3. The van der Waals surface area contributed by atoms with Crippen molar-refractivity contribution >= 4 is 0 Å². The molecule has 0 amide bonds. The maximum Gasteiger partial charge on any atom is 0.0352 e. The van der Waals surface area contributed by atoms with Crippen LogP contribution < -0.4 is 5.73 Å². The van der Waals surface area contributed by atoms with Gasteiger partial charge in [-0.25, -0.2) is 0 Å². The van der Waals surface area contributed by atoms with Gasteiger partial charge in [-0.05, 0) is 11.5 Å². The maximum absolute atomic E-state index is 5.90. The van der Waals surface area contributed by atoms with E-state index in [1.54, 1.807) is 0 Å². The summed E-state index contributed by atoms with van der Waals surface area (Å²) in [5.74, 6) is 1.25. The van der Waals surface area contributed by atoms with Crippen LogP contribution in [0.3, 0.4) is 0 Å². The molecule has 0 saturated heterocycles. The van der Waals surface area contributed by atoms with E-state index in [9.17, 15) is 0 Å². The van der Waals surface area contributed by atoms with Gasteiger partial charge in [0.2, 0.25) is 0 Å². The zero-order chi connectivity index (χ0) is 8.27. The molecule has 1 nitrogen and oxygen atoms in total. The summed E-state index contributed by atoms with van der Waals surface area (Å²) in [6.45, 7) is 4.11. The Bertz CT molecular complexity index is 203. The van der Waals surface area contributed by atoms with Crippen molar-refractivity contribution < 1.29 is 0 Å². The summed E-state index contributed by atoms with van der Waals surface area (Å²) in [4.78, 5) is 0. The van der Waals surface area contributed by atoms with Crippen LogP contribution in [0.25, 0.3) is 0 Å². The highest BCUT2D eigenvalue weighted by molar-refractivity contribution is 5.22. The summed E-state index contributed by atoms with van der Waals surface area (Å²) in [7, 11) is 0. The topological polar surface area (TPSA) is 26.0 Å². The van der Waals surface area contributed by atoms with Crippen LogP contribution >= 0.6 is 0 Å². The molecule has 0 heterocycles. The number of hydrogen-bond donors (Lipinski definition) is 1. The summed E-state index contributed by atoms with van der Waals surface area (Å²) in [6, 6.07) is 10.2. The molecule has 1 aromatic carbocycles. The third kappa shape index (κ3) is 2.05. The average Bonchev–Trinajstić information content (AvgIpc) is 2.05. The van der Waals surface area contributed by atoms with E-state index in [1.165, 1.54) is 11.5 Å². The summed E-state index contributed by atoms with van der Waals surface area (Å²) in [6.07, 6.45) is 0. The normalized spacial score (nSPS) is 13.5. The predicted molar refractivity (Wildman–Crippen MR) is 48.0 cm³/mol. The van der Waals surface area contributed by atoms with Crippen LogP contribution in [-0.2, 0) is 0 Å². The van der Waals surface area contributed by atoms with Gasteiger partial charge >= 0.3 is 0 Å². The predicted octanol–water partition coefficient (Wildman–Crippen LogP) is 2.30. The highest BCUT2D eigenvalue weighted by atomic mass is 14.6. The van der Waals surface area contributed by atoms with E-state index in [0.717, 1.165) is 0 Å². The molecule has 0 fully saturated rings. The molecule has 2 N–H and O–H groups in total. The van der Waals surface area contributed by atoms with Crippen molar-refractivity contribution in [3.05, 3.63) is 41.8 Å². The molecule has 1 heteroatoms. The molecule has 1 radical (unpaired) electrons. The molecule has 0 spiro atoms. The lowest BCUT2D eigenvalue weighted by atomic mass is 9.97. The highest BCUT2D eigenvalue weighted by Gasteiger charge is 2.08. The molecule has 0 aromatic heterocycles. The van der Waals surface area contributed by atoms with E-state index in [-0.39, 0.29) is 6.04 Å². The van der Waals surface area contributed by atoms with Crippen molar-refractivity contribution in [2.75, 3.05) is 0 Å². The lowest BCUT2D eigenvalue weighted by molar-refractivity contribution is 0.740. The van der Waals surface area contributed by atoms with E-state index >= 15 is 0 Å². The summed E-state index contributed by atoms with van der Waals surface area (Å²) >= 11 is 0. The number of rotatable bonds is 2. The van der Waals surface area contributed by atoms with Crippen LogP contribution in [0, 0.1) is 5.92 Å². The fraction of sp³-hybridized carbons (Fsp3) is 0.300. The molecule has 1 unspecified atom stereocenters. The van der Waals surface area contributed by atoms with E-state index < -0.39 is 0 Å². The Hall–Kier alpha value is -0.820. The van der Waals surface area contributed by atoms with Gasteiger partial charge < -0.3 is 5.73 Å². The average molecular weight is 148 g/mol. The molecule has 0 aliphatic rings. The van der Waals surface area contributed by atoms with E-state index in [2.05, 4.69) is 26.0 Å². The minimum atomic E-state index is 0.0937. The first kappa shape index (κ1) is 8.28. The van der Waals surface area contributed by atoms with E-state index in [1.807, 2.05) is 18.2 Å². The van der Waals surface area contributed by atoms with Crippen molar-refractivity contribution in [3.63, 3.8) is 0 Å². The third-order valence-corrected chi connectivity index (χ3v) is 1.78. The van der Waals surface area contributed by atoms with Crippen molar-refractivity contribution in [1.29, 1.82) is 0 Å². The minimum absolute atomic E-state index is 0.0937. The van der Waals surface area contributed by atoms with Gasteiger partial charge in [0.1, 0.15) is 0 Å². The van der Waals surface area contributed by atoms with Crippen LogP contribution in [0.2, 0.25) is 0 Å². The Labute approximate surface area is 68.2 Å². The second-order valence-corrected chi connectivity index (χ2v) is 2.97. The smallest absolute Gasteiger partial charge is 0.0352 e. The number of nitrogens with two attached hydrogens (primary N) is 1. The first-order chi connectivity index (χ1) is 5.22. The lowest BCUT2D eigenvalue weighted by Gasteiger charge is -2.14. The zero-order valence-corrected chi connectivity index (χ0v) is 7.04. The Morgan fingerprint density at radius 1 is 1.18 bits per heavy atom. The minimum Gasteiger partial charge on any atom is -0.323 e. The maximum atomic E-state index is 5.90. The molecule has 1 atom stereocenters. The first-order valence-corrected chi connectivity index (χ1v) is 3.82. The van der Waals surface area contributed by atoms with Crippen LogP contribution in [0.1, 0.15) is 25.5 Å². The van der Waals surface area contributed by atoms with Crippen molar-refractivity contribution in [2.45, 2.75) is 19.9 Å². The highest BCUT2D eigenvalue weighted by Crippen LogP contribution is 2.19. The summed E-state index contributed by atoms with van der Waals surface area (Å²) in [5.41, 5.74) is 7.09. The zero-order valence-electron chi connectivity index (χ0n) is 7.04. The van der Waals surface area contributed by atoms with Crippen LogP contribution in [-0.4, -0.2) is 0 Å². The van der Waals surface area contributed by atoms with Gasteiger partial charge in [0.15, 0.2) is 0 Å². The SMILES string of the molecule is C[C](C)C(N)c1ccccc1. The summed E-state index contributed by atoms with van der Waals surface area (Å²) < 4.78 is 0. The fourth-order valence-electron chi connectivity index (χ4n) is 0.994.